The SMILES string of the molecule is CCOC(C)C(OCC)N1C(=O)N(c2ccccc2Cl)Cc2cnc(NC(C)CO)nc21. The predicted molar refractivity (Wildman–Crippen MR) is 124 cm³/mol. The first-order valence-corrected chi connectivity index (χ1v) is 11.1. The van der Waals surface area contributed by atoms with Gasteiger partial charge in [0.2, 0.25) is 5.95 Å². The summed E-state index contributed by atoms with van der Waals surface area (Å²) < 4.78 is 11.8. The Morgan fingerprint density at radius 2 is 1.94 bits per heavy atom. The highest BCUT2D eigenvalue weighted by atomic mass is 35.5. The number of rotatable bonds is 10. The average Bonchev–Trinajstić information content (AvgIpc) is 2.78. The lowest BCUT2D eigenvalue weighted by molar-refractivity contribution is -0.0553. The zero-order chi connectivity index (χ0) is 23.3. The molecule has 2 amide bonds. The van der Waals surface area contributed by atoms with Crippen LogP contribution in [-0.2, 0) is 16.0 Å². The lowest BCUT2D eigenvalue weighted by Crippen LogP contribution is -2.57. The molecule has 1 aliphatic heterocycles. The van der Waals surface area contributed by atoms with Gasteiger partial charge in [0.25, 0.3) is 0 Å². The van der Waals surface area contributed by atoms with Crippen molar-refractivity contribution in [3.8, 4) is 0 Å². The number of para-hydroxylation sites is 1. The molecule has 0 fully saturated rings. The first-order chi connectivity index (χ1) is 15.4. The van der Waals surface area contributed by atoms with Crippen molar-refractivity contribution in [1.82, 2.24) is 9.97 Å². The van der Waals surface area contributed by atoms with Crippen LogP contribution in [0.1, 0.15) is 33.3 Å². The van der Waals surface area contributed by atoms with E-state index in [2.05, 4.69) is 15.3 Å². The van der Waals surface area contributed by atoms with Gasteiger partial charge in [-0.2, -0.15) is 4.98 Å². The van der Waals surface area contributed by atoms with Crippen molar-refractivity contribution in [1.29, 1.82) is 0 Å². The minimum absolute atomic E-state index is 0.0771. The molecular formula is C22H30ClN5O4. The van der Waals surface area contributed by atoms with Gasteiger partial charge in [-0.25, -0.2) is 14.7 Å². The largest absolute Gasteiger partial charge is 0.394 e. The molecule has 3 rings (SSSR count). The Morgan fingerprint density at radius 1 is 1.22 bits per heavy atom. The van der Waals surface area contributed by atoms with Gasteiger partial charge in [-0.1, -0.05) is 23.7 Å². The van der Waals surface area contributed by atoms with E-state index in [1.807, 2.05) is 39.8 Å². The lowest BCUT2D eigenvalue weighted by atomic mass is 10.1. The Hall–Kier alpha value is -2.46. The summed E-state index contributed by atoms with van der Waals surface area (Å²) in [5.74, 6) is 0.750. The van der Waals surface area contributed by atoms with Gasteiger partial charge >= 0.3 is 6.03 Å². The number of nitrogens with zero attached hydrogens (tertiary/aromatic N) is 4. The molecule has 2 N–H and O–H groups in total. The number of carbonyl (C=O) groups is 1. The van der Waals surface area contributed by atoms with E-state index in [4.69, 9.17) is 21.1 Å². The summed E-state index contributed by atoms with van der Waals surface area (Å²) >= 11 is 6.42. The average molecular weight is 464 g/mol. The number of ether oxygens (including phenoxy) is 2. The van der Waals surface area contributed by atoms with Crippen LogP contribution < -0.4 is 15.1 Å². The van der Waals surface area contributed by atoms with Gasteiger partial charge in [0, 0.05) is 31.0 Å². The molecule has 3 unspecified atom stereocenters. The fourth-order valence-electron chi connectivity index (χ4n) is 3.54. The Morgan fingerprint density at radius 3 is 2.59 bits per heavy atom. The molecule has 2 heterocycles. The van der Waals surface area contributed by atoms with E-state index in [-0.39, 0.29) is 25.2 Å². The van der Waals surface area contributed by atoms with E-state index in [1.165, 1.54) is 4.90 Å². The molecule has 3 atom stereocenters. The number of fused-ring (bicyclic) bond motifs is 1. The van der Waals surface area contributed by atoms with Crippen molar-refractivity contribution in [2.45, 2.75) is 52.6 Å². The summed E-state index contributed by atoms with van der Waals surface area (Å²) in [5, 5.41) is 12.9. The first kappa shape index (κ1) is 24.2. The van der Waals surface area contributed by atoms with E-state index in [0.29, 0.717) is 35.7 Å². The number of hydrogen-bond donors (Lipinski definition) is 2. The van der Waals surface area contributed by atoms with Crippen molar-refractivity contribution in [3.63, 3.8) is 0 Å². The smallest absolute Gasteiger partial charge is 0.332 e. The fraction of sp³-hybridized carbons (Fsp3) is 0.500. The van der Waals surface area contributed by atoms with Gasteiger partial charge < -0.3 is 19.9 Å². The van der Waals surface area contributed by atoms with E-state index in [9.17, 15) is 9.90 Å². The summed E-state index contributed by atoms with van der Waals surface area (Å²) in [4.78, 5) is 25.9. The van der Waals surface area contributed by atoms with Crippen LogP contribution in [0.5, 0.6) is 0 Å². The molecule has 0 aliphatic carbocycles. The standard InChI is InChI=1S/C22H30ClN5O4/c1-5-31-15(4)20(32-6-2)28-19-16(11-24-21(26-19)25-14(3)13-29)12-27(22(28)30)18-10-8-7-9-17(18)23/h7-11,14-15,20,29H,5-6,12-13H2,1-4H3,(H,24,25,26). The highest BCUT2D eigenvalue weighted by molar-refractivity contribution is 6.34. The molecule has 174 valence electrons. The van der Waals surface area contributed by atoms with Crippen LogP contribution in [0.4, 0.5) is 22.2 Å². The third-order valence-electron chi connectivity index (χ3n) is 5.05. The molecule has 1 aliphatic rings. The van der Waals surface area contributed by atoms with Crippen LogP contribution in [0.25, 0.3) is 0 Å². The molecule has 9 nitrogen and oxygen atoms in total. The normalized spacial score (nSPS) is 16.5. The number of carbonyl (C=O) groups excluding carboxylic acids is 1. The third-order valence-corrected chi connectivity index (χ3v) is 5.37. The van der Waals surface area contributed by atoms with Crippen molar-refractivity contribution in [2.75, 3.05) is 34.9 Å². The monoisotopic (exact) mass is 463 g/mol. The summed E-state index contributed by atoms with van der Waals surface area (Å²) in [6.45, 7) is 8.46. The quantitative estimate of drug-likeness (QED) is 0.554. The van der Waals surface area contributed by atoms with Crippen LogP contribution in [0.3, 0.4) is 0 Å². The molecule has 32 heavy (non-hydrogen) atoms. The second kappa shape index (κ2) is 10.9. The lowest BCUT2D eigenvalue weighted by Gasteiger charge is -2.41. The van der Waals surface area contributed by atoms with Crippen LogP contribution in [-0.4, -0.2) is 59.3 Å². The van der Waals surface area contributed by atoms with Gasteiger partial charge in [-0.05, 0) is 39.8 Å². The van der Waals surface area contributed by atoms with Crippen LogP contribution in [0.15, 0.2) is 30.5 Å². The molecule has 0 spiro atoms. The third kappa shape index (κ3) is 5.12. The number of halogens is 1. The molecule has 10 heteroatoms. The number of urea groups is 1. The topological polar surface area (TPSA) is 100 Å². The van der Waals surface area contributed by atoms with Gasteiger partial charge in [-0.3, -0.25) is 4.90 Å². The number of aliphatic hydroxyl groups is 1. The number of aromatic nitrogens is 2. The fourth-order valence-corrected chi connectivity index (χ4v) is 3.77. The Kier molecular flexibility index (Phi) is 8.25. The highest BCUT2D eigenvalue weighted by Crippen LogP contribution is 2.36. The molecule has 2 aromatic rings. The Labute approximate surface area is 193 Å². The zero-order valence-corrected chi connectivity index (χ0v) is 19.5. The van der Waals surface area contributed by atoms with Gasteiger partial charge in [-0.15, -0.1) is 0 Å². The number of anilines is 3. The minimum atomic E-state index is -0.713. The molecular weight excluding hydrogens is 434 g/mol. The van der Waals surface area contributed by atoms with Crippen LogP contribution >= 0.6 is 11.6 Å². The molecule has 1 aromatic heterocycles. The number of benzene rings is 1. The second-order valence-corrected chi connectivity index (χ2v) is 7.87. The van der Waals surface area contributed by atoms with E-state index >= 15 is 0 Å². The van der Waals surface area contributed by atoms with E-state index in [1.54, 1.807) is 23.2 Å². The molecule has 0 bridgehead atoms. The van der Waals surface area contributed by atoms with E-state index < -0.39 is 12.3 Å². The maximum absolute atomic E-state index is 13.8. The van der Waals surface area contributed by atoms with Crippen molar-refractivity contribution in [2.24, 2.45) is 0 Å². The molecule has 0 saturated heterocycles. The minimum Gasteiger partial charge on any atom is -0.394 e. The summed E-state index contributed by atoms with van der Waals surface area (Å²) in [6, 6.07) is 6.62. The Bertz CT molecular complexity index is 931. The molecule has 0 radical (unpaired) electrons. The predicted octanol–water partition coefficient (Wildman–Crippen LogP) is 3.66. The van der Waals surface area contributed by atoms with Gasteiger partial charge in [0.15, 0.2) is 6.23 Å². The Balaban J connectivity index is 2.10. The summed E-state index contributed by atoms with van der Waals surface area (Å²) in [6.07, 6.45) is 0.548. The van der Waals surface area contributed by atoms with Crippen molar-refractivity contribution >= 4 is 35.1 Å². The van der Waals surface area contributed by atoms with Crippen molar-refractivity contribution < 1.29 is 19.4 Å². The number of hydrogen-bond acceptors (Lipinski definition) is 7. The molecule has 1 aromatic carbocycles. The van der Waals surface area contributed by atoms with E-state index in [0.717, 1.165) is 5.56 Å². The maximum atomic E-state index is 13.8. The number of nitrogens with one attached hydrogen (secondary N) is 1. The number of aliphatic hydroxyl groups excluding tert-OH is 1. The van der Waals surface area contributed by atoms with Crippen molar-refractivity contribution in [3.05, 3.63) is 41.0 Å². The first-order valence-electron chi connectivity index (χ1n) is 10.7. The second-order valence-electron chi connectivity index (χ2n) is 7.47. The van der Waals surface area contributed by atoms with Crippen LogP contribution in [0.2, 0.25) is 5.02 Å². The van der Waals surface area contributed by atoms with Gasteiger partial charge in [0.05, 0.1) is 23.9 Å². The number of amides is 2. The highest BCUT2D eigenvalue weighted by Gasteiger charge is 2.41. The maximum Gasteiger partial charge on any atom is 0.332 e. The van der Waals surface area contributed by atoms with Crippen LogP contribution in [0, 0.1) is 0 Å². The van der Waals surface area contributed by atoms with Gasteiger partial charge in [0.1, 0.15) is 11.9 Å². The zero-order valence-electron chi connectivity index (χ0n) is 18.8. The summed E-state index contributed by atoms with van der Waals surface area (Å²) in [5.41, 5.74) is 1.32. The molecule has 0 saturated carbocycles. The summed E-state index contributed by atoms with van der Waals surface area (Å²) in [7, 11) is 0.